The number of nitrogens with one attached hydrogen (secondary N) is 1. The zero-order valence-corrected chi connectivity index (χ0v) is 12.1. The van der Waals surface area contributed by atoms with Crippen molar-refractivity contribution in [2.24, 2.45) is 0 Å². The van der Waals surface area contributed by atoms with Crippen molar-refractivity contribution in [3.05, 3.63) is 64.0 Å². The highest BCUT2D eigenvalue weighted by molar-refractivity contribution is 5.97. The first kappa shape index (κ1) is 15.4. The summed E-state index contributed by atoms with van der Waals surface area (Å²) >= 11 is 0. The van der Waals surface area contributed by atoms with Gasteiger partial charge in [0.2, 0.25) is 0 Å². The SMILES string of the molecule is COc1ccc([N+](=O)[O-])cc1C(=O)NC(C)c1ccncc1. The largest absolute Gasteiger partial charge is 0.496 e. The molecule has 0 aliphatic rings. The molecule has 0 saturated heterocycles. The van der Waals surface area contributed by atoms with Crippen LogP contribution in [0.1, 0.15) is 28.9 Å². The molecule has 22 heavy (non-hydrogen) atoms. The van der Waals surface area contributed by atoms with Gasteiger partial charge in [0.25, 0.3) is 11.6 Å². The van der Waals surface area contributed by atoms with Gasteiger partial charge >= 0.3 is 0 Å². The van der Waals surface area contributed by atoms with Crippen LogP contribution in [0.15, 0.2) is 42.7 Å². The second kappa shape index (κ2) is 6.66. The summed E-state index contributed by atoms with van der Waals surface area (Å²) in [5.41, 5.74) is 0.841. The number of methoxy groups -OCH3 is 1. The van der Waals surface area contributed by atoms with Crippen LogP contribution < -0.4 is 10.1 Å². The summed E-state index contributed by atoms with van der Waals surface area (Å²) in [5.74, 6) is -0.158. The number of rotatable bonds is 5. The van der Waals surface area contributed by atoms with Crippen LogP contribution in [0.4, 0.5) is 5.69 Å². The molecule has 114 valence electrons. The molecule has 0 spiro atoms. The first-order valence-electron chi connectivity index (χ1n) is 6.56. The van der Waals surface area contributed by atoms with Crippen molar-refractivity contribution in [3.63, 3.8) is 0 Å². The number of pyridine rings is 1. The van der Waals surface area contributed by atoms with Crippen molar-refractivity contribution in [1.82, 2.24) is 10.3 Å². The Kier molecular flexibility index (Phi) is 4.67. The molecular weight excluding hydrogens is 286 g/mol. The van der Waals surface area contributed by atoms with E-state index in [1.807, 2.05) is 6.92 Å². The maximum Gasteiger partial charge on any atom is 0.270 e. The van der Waals surface area contributed by atoms with E-state index in [1.54, 1.807) is 24.5 Å². The van der Waals surface area contributed by atoms with Gasteiger partial charge < -0.3 is 10.1 Å². The summed E-state index contributed by atoms with van der Waals surface area (Å²) in [6.07, 6.45) is 3.26. The van der Waals surface area contributed by atoms with Crippen LogP contribution in [-0.2, 0) is 0 Å². The fourth-order valence-electron chi connectivity index (χ4n) is 2.00. The first-order valence-corrected chi connectivity index (χ1v) is 6.56. The molecule has 1 aromatic heterocycles. The van der Waals surface area contributed by atoms with Gasteiger partial charge in [0, 0.05) is 24.5 Å². The summed E-state index contributed by atoms with van der Waals surface area (Å²) < 4.78 is 5.10. The Hall–Kier alpha value is -2.96. The minimum absolute atomic E-state index is 0.123. The molecule has 1 heterocycles. The summed E-state index contributed by atoms with van der Waals surface area (Å²) in [4.78, 5) is 26.6. The summed E-state index contributed by atoms with van der Waals surface area (Å²) in [7, 11) is 1.41. The van der Waals surface area contributed by atoms with Crippen LogP contribution in [0.25, 0.3) is 0 Å². The summed E-state index contributed by atoms with van der Waals surface area (Å²) in [5, 5.41) is 13.6. The molecule has 0 fully saturated rings. The van der Waals surface area contributed by atoms with Crippen LogP contribution >= 0.6 is 0 Å². The number of carbonyl (C=O) groups is 1. The lowest BCUT2D eigenvalue weighted by atomic mass is 10.1. The number of benzene rings is 1. The quantitative estimate of drug-likeness (QED) is 0.676. The van der Waals surface area contributed by atoms with Crippen molar-refractivity contribution in [2.75, 3.05) is 7.11 Å². The topological polar surface area (TPSA) is 94.4 Å². The zero-order chi connectivity index (χ0) is 16.1. The Morgan fingerprint density at radius 2 is 2.00 bits per heavy atom. The highest BCUT2D eigenvalue weighted by atomic mass is 16.6. The van der Waals surface area contributed by atoms with Crippen LogP contribution in [0.3, 0.4) is 0 Å². The Morgan fingerprint density at radius 1 is 1.32 bits per heavy atom. The van der Waals surface area contributed by atoms with E-state index in [4.69, 9.17) is 4.74 Å². The monoisotopic (exact) mass is 301 g/mol. The summed E-state index contributed by atoms with van der Waals surface area (Å²) in [6.45, 7) is 1.82. The number of hydrogen-bond donors (Lipinski definition) is 1. The van der Waals surface area contributed by atoms with E-state index in [0.717, 1.165) is 5.56 Å². The van der Waals surface area contributed by atoms with Gasteiger partial charge in [-0.3, -0.25) is 19.9 Å². The van der Waals surface area contributed by atoms with Gasteiger partial charge in [-0.05, 0) is 30.7 Å². The third-order valence-corrected chi connectivity index (χ3v) is 3.19. The average Bonchev–Trinajstić information content (AvgIpc) is 2.54. The Morgan fingerprint density at radius 3 is 2.59 bits per heavy atom. The normalized spacial score (nSPS) is 11.5. The Bertz CT molecular complexity index is 688. The maximum absolute atomic E-state index is 12.4. The van der Waals surface area contributed by atoms with Crippen LogP contribution in [-0.4, -0.2) is 22.9 Å². The van der Waals surface area contributed by atoms with Crippen molar-refractivity contribution >= 4 is 11.6 Å². The minimum atomic E-state index is -0.553. The van der Waals surface area contributed by atoms with Crippen molar-refractivity contribution < 1.29 is 14.5 Å². The molecule has 0 saturated carbocycles. The number of non-ortho nitro benzene ring substituents is 1. The second-order valence-corrected chi connectivity index (χ2v) is 4.62. The molecule has 2 rings (SSSR count). The Labute approximate surface area is 127 Å². The number of ether oxygens (including phenoxy) is 1. The number of amides is 1. The number of aromatic nitrogens is 1. The van der Waals surface area contributed by atoms with Crippen LogP contribution in [0.5, 0.6) is 5.75 Å². The standard InChI is InChI=1S/C15H15N3O4/c1-10(11-5-7-16-8-6-11)17-15(19)13-9-12(18(20)21)3-4-14(13)22-2/h3-10H,1-2H3,(H,17,19). The molecular formula is C15H15N3O4. The maximum atomic E-state index is 12.4. The Balaban J connectivity index is 2.25. The van der Waals surface area contributed by atoms with Crippen molar-refractivity contribution in [3.8, 4) is 5.75 Å². The molecule has 1 N–H and O–H groups in total. The van der Waals surface area contributed by atoms with Crippen LogP contribution in [0.2, 0.25) is 0 Å². The molecule has 1 amide bonds. The fraction of sp³-hybridized carbons (Fsp3) is 0.200. The van der Waals surface area contributed by atoms with Gasteiger partial charge in [0.1, 0.15) is 5.75 Å². The fourth-order valence-corrected chi connectivity index (χ4v) is 2.00. The highest BCUT2D eigenvalue weighted by Gasteiger charge is 2.19. The van der Waals surface area contributed by atoms with Crippen molar-refractivity contribution in [2.45, 2.75) is 13.0 Å². The molecule has 7 nitrogen and oxygen atoms in total. The lowest BCUT2D eigenvalue weighted by Gasteiger charge is -2.15. The lowest BCUT2D eigenvalue weighted by molar-refractivity contribution is -0.384. The van der Waals surface area contributed by atoms with Gasteiger partial charge in [-0.2, -0.15) is 0 Å². The highest BCUT2D eigenvalue weighted by Crippen LogP contribution is 2.24. The van der Waals surface area contributed by atoms with E-state index >= 15 is 0 Å². The van der Waals surface area contributed by atoms with Gasteiger partial charge in [-0.25, -0.2) is 0 Å². The number of nitro groups is 1. The van der Waals surface area contributed by atoms with E-state index in [9.17, 15) is 14.9 Å². The van der Waals surface area contributed by atoms with Gasteiger partial charge in [0.15, 0.2) is 0 Å². The predicted octanol–water partition coefficient (Wildman–Crippen LogP) is 2.49. The first-order chi connectivity index (χ1) is 10.5. The van der Waals surface area contributed by atoms with E-state index in [-0.39, 0.29) is 23.0 Å². The third-order valence-electron chi connectivity index (χ3n) is 3.19. The number of nitro benzene ring substituents is 1. The molecule has 1 aromatic carbocycles. The van der Waals surface area contributed by atoms with E-state index in [0.29, 0.717) is 0 Å². The smallest absolute Gasteiger partial charge is 0.270 e. The molecule has 1 atom stereocenters. The molecule has 0 aliphatic heterocycles. The second-order valence-electron chi connectivity index (χ2n) is 4.62. The van der Waals surface area contributed by atoms with Gasteiger partial charge in [-0.15, -0.1) is 0 Å². The minimum Gasteiger partial charge on any atom is -0.496 e. The van der Waals surface area contributed by atoms with E-state index in [1.165, 1.54) is 25.3 Å². The number of carbonyl (C=O) groups excluding carboxylic acids is 1. The van der Waals surface area contributed by atoms with Gasteiger partial charge in [-0.1, -0.05) is 0 Å². The third kappa shape index (κ3) is 3.38. The van der Waals surface area contributed by atoms with Crippen molar-refractivity contribution in [1.29, 1.82) is 0 Å². The number of nitrogens with zero attached hydrogens (tertiary/aromatic N) is 2. The van der Waals surface area contributed by atoms with E-state index in [2.05, 4.69) is 10.3 Å². The molecule has 1 unspecified atom stereocenters. The molecule has 2 aromatic rings. The average molecular weight is 301 g/mol. The van der Waals surface area contributed by atoms with Gasteiger partial charge in [0.05, 0.1) is 23.6 Å². The summed E-state index contributed by atoms with van der Waals surface area (Å²) in [6, 6.07) is 7.21. The lowest BCUT2D eigenvalue weighted by Crippen LogP contribution is -2.27. The molecule has 0 aliphatic carbocycles. The molecule has 0 radical (unpaired) electrons. The van der Waals surface area contributed by atoms with E-state index < -0.39 is 10.8 Å². The predicted molar refractivity (Wildman–Crippen MR) is 79.8 cm³/mol. The molecule has 0 bridgehead atoms. The zero-order valence-electron chi connectivity index (χ0n) is 12.1. The van der Waals surface area contributed by atoms with Crippen LogP contribution in [0, 0.1) is 10.1 Å². The number of hydrogen-bond acceptors (Lipinski definition) is 5. The molecule has 7 heteroatoms.